The molecule has 1 aromatic heterocycles. The van der Waals surface area contributed by atoms with Crippen molar-refractivity contribution in [1.82, 2.24) is 15.3 Å². The average molecular weight is 147 g/mol. The molecule has 0 radical (unpaired) electrons. The minimum atomic E-state index is 0.881. The zero-order chi connectivity index (χ0) is 7.52. The summed E-state index contributed by atoms with van der Waals surface area (Å²) in [5, 5.41) is 3.20. The van der Waals surface area contributed by atoms with Gasteiger partial charge in [0.2, 0.25) is 0 Å². The van der Waals surface area contributed by atoms with Gasteiger partial charge in [0.1, 0.15) is 0 Å². The van der Waals surface area contributed by atoms with Crippen LogP contribution in [0.15, 0.2) is 30.6 Å². The van der Waals surface area contributed by atoms with Gasteiger partial charge in [-0.25, -0.2) is 4.98 Å². The summed E-state index contributed by atoms with van der Waals surface area (Å²) in [7, 11) is 0. The van der Waals surface area contributed by atoms with Crippen molar-refractivity contribution < 1.29 is 0 Å². The molecular weight excluding hydrogens is 138 g/mol. The number of aromatic nitrogens is 2. The number of imidazole rings is 1. The fourth-order valence-corrected chi connectivity index (χ4v) is 1.04. The number of nitrogens with one attached hydrogen (secondary N) is 2. The van der Waals surface area contributed by atoms with Crippen LogP contribution in [0.3, 0.4) is 0 Å². The molecule has 0 unspecified atom stereocenters. The monoisotopic (exact) mass is 147 g/mol. The van der Waals surface area contributed by atoms with Crippen LogP contribution in [-0.2, 0) is 0 Å². The summed E-state index contributed by atoms with van der Waals surface area (Å²) in [4.78, 5) is 7.15. The molecule has 3 nitrogen and oxygen atoms in total. The Labute approximate surface area is 64.8 Å². The Bertz CT molecular complexity index is 282. The normalized spacial score (nSPS) is 15.8. The Kier molecular flexibility index (Phi) is 1.48. The first-order chi connectivity index (χ1) is 5.47. The highest BCUT2D eigenvalue weighted by molar-refractivity contribution is 5.60. The van der Waals surface area contributed by atoms with Crippen molar-refractivity contribution >= 4 is 5.70 Å². The molecule has 2 rings (SSSR count). The molecule has 1 aromatic rings. The lowest BCUT2D eigenvalue weighted by molar-refractivity contribution is 0.971. The van der Waals surface area contributed by atoms with Crippen molar-refractivity contribution in [2.24, 2.45) is 0 Å². The summed E-state index contributed by atoms with van der Waals surface area (Å²) in [5.41, 5.74) is 1.05. The highest BCUT2D eigenvalue weighted by Gasteiger charge is 2.02. The fraction of sp³-hybridized carbons (Fsp3) is 0.125. The van der Waals surface area contributed by atoms with E-state index < -0.39 is 0 Å². The third kappa shape index (κ3) is 1.17. The third-order valence-corrected chi connectivity index (χ3v) is 1.56. The van der Waals surface area contributed by atoms with Crippen molar-refractivity contribution in [2.75, 3.05) is 6.54 Å². The summed E-state index contributed by atoms with van der Waals surface area (Å²) in [6.07, 6.45) is 9.65. The fourth-order valence-electron chi connectivity index (χ4n) is 1.04. The predicted octanol–water partition coefficient (Wildman–Crippen LogP) is 0.910. The molecular formula is C8H9N3. The molecule has 2 heterocycles. The van der Waals surface area contributed by atoms with Crippen molar-refractivity contribution in [3.05, 3.63) is 36.4 Å². The van der Waals surface area contributed by atoms with Crippen LogP contribution >= 0.6 is 0 Å². The van der Waals surface area contributed by atoms with E-state index in [9.17, 15) is 0 Å². The van der Waals surface area contributed by atoms with Crippen LogP contribution in [-0.4, -0.2) is 16.5 Å². The standard InChI is InChI=1S/C8H9N3/c1-2-4-9-7(3-1)8-10-5-6-11-8/h1-3,5-6,9H,4H2,(H,10,11). The van der Waals surface area contributed by atoms with Gasteiger partial charge in [-0.2, -0.15) is 0 Å². The number of nitrogens with zero attached hydrogens (tertiary/aromatic N) is 1. The molecule has 0 amide bonds. The molecule has 1 aliphatic heterocycles. The lowest BCUT2D eigenvalue weighted by Gasteiger charge is -2.08. The van der Waals surface area contributed by atoms with E-state index in [0.717, 1.165) is 18.1 Å². The molecule has 1 aliphatic rings. The Morgan fingerprint density at radius 1 is 1.45 bits per heavy atom. The molecule has 0 saturated heterocycles. The van der Waals surface area contributed by atoms with Gasteiger partial charge in [0, 0.05) is 18.9 Å². The summed E-state index contributed by atoms with van der Waals surface area (Å²) >= 11 is 0. The van der Waals surface area contributed by atoms with Gasteiger partial charge in [-0.15, -0.1) is 0 Å². The molecule has 0 atom stereocenters. The summed E-state index contributed by atoms with van der Waals surface area (Å²) in [6.45, 7) is 0.881. The van der Waals surface area contributed by atoms with Gasteiger partial charge in [-0.05, 0) is 6.08 Å². The molecule has 0 saturated carbocycles. The second-order valence-electron chi connectivity index (χ2n) is 2.33. The first-order valence-electron chi connectivity index (χ1n) is 3.57. The molecule has 2 N–H and O–H groups in total. The zero-order valence-electron chi connectivity index (χ0n) is 6.04. The maximum absolute atomic E-state index is 4.12. The molecule has 0 aromatic carbocycles. The minimum Gasteiger partial charge on any atom is -0.379 e. The maximum Gasteiger partial charge on any atom is 0.153 e. The van der Waals surface area contributed by atoms with E-state index in [0.29, 0.717) is 0 Å². The number of allylic oxidation sites excluding steroid dienone is 2. The van der Waals surface area contributed by atoms with Crippen molar-refractivity contribution in [3.8, 4) is 0 Å². The highest BCUT2D eigenvalue weighted by Crippen LogP contribution is 2.06. The number of aromatic amines is 1. The number of hydrogen-bond acceptors (Lipinski definition) is 2. The average Bonchev–Trinajstić information content (AvgIpc) is 2.58. The minimum absolute atomic E-state index is 0.881. The first-order valence-corrected chi connectivity index (χ1v) is 3.57. The zero-order valence-corrected chi connectivity index (χ0v) is 6.04. The van der Waals surface area contributed by atoms with Crippen molar-refractivity contribution in [1.29, 1.82) is 0 Å². The Balaban J connectivity index is 2.29. The smallest absolute Gasteiger partial charge is 0.153 e. The van der Waals surface area contributed by atoms with Crippen LogP contribution in [0.4, 0.5) is 0 Å². The number of dihydropyridines is 1. The Morgan fingerprint density at radius 3 is 3.09 bits per heavy atom. The van der Waals surface area contributed by atoms with Gasteiger partial charge < -0.3 is 10.3 Å². The van der Waals surface area contributed by atoms with Crippen LogP contribution in [0.2, 0.25) is 0 Å². The second kappa shape index (κ2) is 2.62. The van der Waals surface area contributed by atoms with E-state index in [1.807, 2.05) is 18.3 Å². The molecule has 0 fully saturated rings. The molecule has 56 valence electrons. The lowest BCUT2D eigenvalue weighted by Crippen LogP contribution is -2.15. The van der Waals surface area contributed by atoms with E-state index in [4.69, 9.17) is 0 Å². The van der Waals surface area contributed by atoms with Crippen LogP contribution in [0, 0.1) is 0 Å². The van der Waals surface area contributed by atoms with Crippen molar-refractivity contribution in [2.45, 2.75) is 0 Å². The van der Waals surface area contributed by atoms with E-state index in [1.54, 1.807) is 6.20 Å². The van der Waals surface area contributed by atoms with E-state index in [-0.39, 0.29) is 0 Å². The predicted molar refractivity (Wildman–Crippen MR) is 43.7 cm³/mol. The van der Waals surface area contributed by atoms with Crippen LogP contribution < -0.4 is 5.32 Å². The lowest BCUT2D eigenvalue weighted by atomic mass is 10.3. The van der Waals surface area contributed by atoms with Gasteiger partial charge >= 0.3 is 0 Å². The van der Waals surface area contributed by atoms with Crippen LogP contribution in [0.25, 0.3) is 5.70 Å². The second-order valence-corrected chi connectivity index (χ2v) is 2.33. The van der Waals surface area contributed by atoms with E-state index in [2.05, 4.69) is 21.4 Å². The molecule has 11 heavy (non-hydrogen) atoms. The molecule has 0 spiro atoms. The molecule has 0 aliphatic carbocycles. The topological polar surface area (TPSA) is 40.7 Å². The van der Waals surface area contributed by atoms with Gasteiger partial charge in [0.15, 0.2) is 5.82 Å². The number of rotatable bonds is 1. The quantitative estimate of drug-likeness (QED) is 0.620. The van der Waals surface area contributed by atoms with Gasteiger partial charge in [-0.1, -0.05) is 12.2 Å². The van der Waals surface area contributed by atoms with Crippen molar-refractivity contribution in [3.63, 3.8) is 0 Å². The SMILES string of the molecule is C1=CCNC(c2ncc[nH]2)=C1. The van der Waals surface area contributed by atoms with Gasteiger partial charge in [0.05, 0.1) is 5.70 Å². The summed E-state index contributed by atoms with van der Waals surface area (Å²) in [5.74, 6) is 0.898. The largest absolute Gasteiger partial charge is 0.379 e. The van der Waals surface area contributed by atoms with Gasteiger partial charge in [-0.3, -0.25) is 0 Å². The Hall–Kier alpha value is -1.51. The number of H-pyrrole nitrogens is 1. The number of hydrogen-bond donors (Lipinski definition) is 2. The highest BCUT2D eigenvalue weighted by atomic mass is 15.0. The van der Waals surface area contributed by atoms with Crippen LogP contribution in [0.5, 0.6) is 0 Å². The summed E-state index contributed by atoms with van der Waals surface area (Å²) < 4.78 is 0. The van der Waals surface area contributed by atoms with E-state index >= 15 is 0 Å². The summed E-state index contributed by atoms with van der Waals surface area (Å²) in [6, 6.07) is 0. The maximum atomic E-state index is 4.12. The van der Waals surface area contributed by atoms with E-state index in [1.165, 1.54) is 0 Å². The van der Waals surface area contributed by atoms with Crippen LogP contribution in [0.1, 0.15) is 5.82 Å². The third-order valence-electron chi connectivity index (χ3n) is 1.56. The molecule has 3 heteroatoms. The molecule has 0 bridgehead atoms. The Morgan fingerprint density at radius 2 is 2.45 bits per heavy atom. The van der Waals surface area contributed by atoms with Gasteiger partial charge in [0.25, 0.3) is 0 Å². The first kappa shape index (κ1) is 6.22.